The number of benzene rings is 1. The van der Waals surface area contributed by atoms with E-state index in [1.807, 2.05) is 17.8 Å². The summed E-state index contributed by atoms with van der Waals surface area (Å²) in [4.78, 5) is 12.3. The van der Waals surface area contributed by atoms with Crippen LogP contribution < -0.4 is 19.7 Å². The van der Waals surface area contributed by atoms with Gasteiger partial charge in [0.1, 0.15) is 10.8 Å². The molecule has 2 atom stereocenters. The standard InChI is InChI=1S/C22H26N4O3S/c1-2-4-18-15(3-1)19-20(23-12-14-5-6-16-17(11-14)29-13-28-16)24-22(25-21(19)30-18)26-7-9-27-10-8-26/h5-6,11,15,18H,1-4,7-10,12-13H2,(H,23,24,25). The summed E-state index contributed by atoms with van der Waals surface area (Å²) in [5.74, 6) is 4.03. The highest BCUT2D eigenvalue weighted by molar-refractivity contribution is 8.00. The minimum Gasteiger partial charge on any atom is -0.454 e. The molecule has 4 heterocycles. The van der Waals surface area contributed by atoms with Gasteiger partial charge in [-0.15, -0.1) is 11.8 Å². The Morgan fingerprint density at radius 2 is 1.93 bits per heavy atom. The molecule has 1 N–H and O–H groups in total. The summed E-state index contributed by atoms with van der Waals surface area (Å²) in [6.45, 7) is 4.16. The largest absolute Gasteiger partial charge is 0.454 e. The molecule has 1 aromatic carbocycles. The number of ether oxygens (including phenoxy) is 3. The zero-order chi connectivity index (χ0) is 19.9. The van der Waals surface area contributed by atoms with E-state index in [-0.39, 0.29) is 0 Å². The molecule has 8 heteroatoms. The minimum atomic E-state index is 0.300. The molecule has 2 aromatic rings. The van der Waals surface area contributed by atoms with Crippen molar-refractivity contribution >= 4 is 23.5 Å². The van der Waals surface area contributed by atoms with E-state index in [1.165, 1.54) is 36.3 Å². The SMILES string of the molecule is c1cc2c(cc1CNc1nc(N3CCOCC3)nc3c1C1CCCCC1S3)OCO2. The molecule has 1 aromatic heterocycles. The first kappa shape index (κ1) is 18.6. The van der Waals surface area contributed by atoms with Crippen molar-refractivity contribution in [2.45, 2.75) is 48.4 Å². The maximum absolute atomic E-state index is 5.54. The third-order valence-electron chi connectivity index (χ3n) is 6.43. The molecule has 2 fully saturated rings. The van der Waals surface area contributed by atoms with E-state index in [2.05, 4.69) is 22.3 Å². The molecule has 0 radical (unpaired) electrons. The fraction of sp³-hybridized carbons (Fsp3) is 0.545. The van der Waals surface area contributed by atoms with E-state index in [1.54, 1.807) is 0 Å². The number of aromatic nitrogens is 2. The van der Waals surface area contributed by atoms with Gasteiger partial charge in [-0.3, -0.25) is 0 Å². The molecule has 0 bridgehead atoms. The summed E-state index contributed by atoms with van der Waals surface area (Å²) >= 11 is 1.96. The van der Waals surface area contributed by atoms with Crippen molar-refractivity contribution in [2.75, 3.05) is 43.3 Å². The molecule has 1 aliphatic carbocycles. The van der Waals surface area contributed by atoms with Crippen molar-refractivity contribution in [1.82, 2.24) is 9.97 Å². The molecule has 0 spiro atoms. The highest BCUT2D eigenvalue weighted by atomic mass is 32.2. The number of fused-ring (bicyclic) bond motifs is 4. The van der Waals surface area contributed by atoms with Crippen molar-refractivity contribution in [3.05, 3.63) is 29.3 Å². The maximum atomic E-state index is 5.54. The van der Waals surface area contributed by atoms with Gasteiger partial charge in [0, 0.05) is 36.4 Å². The third-order valence-corrected chi connectivity index (χ3v) is 7.83. The molecule has 7 nitrogen and oxygen atoms in total. The lowest BCUT2D eigenvalue weighted by atomic mass is 9.84. The monoisotopic (exact) mass is 426 g/mol. The Morgan fingerprint density at radius 1 is 1.07 bits per heavy atom. The number of hydrogen-bond acceptors (Lipinski definition) is 8. The molecule has 3 aliphatic heterocycles. The van der Waals surface area contributed by atoms with Gasteiger partial charge in [0.2, 0.25) is 12.7 Å². The minimum absolute atomic E-state index is 0.300. The Labute approximate surface area is 180 Å². The molecule has 0 amide bonds. The van der Waals surface area contributed by atoms with E-state index in [4.69, 9.17) is 24.2 Å². The molecule has 30 heavy (non-hydrogen) atoms. The molecule has 1 saturated carbocycles. The Balaban J connectivity index is 1.31. The smallest absolute Gasteiger partial charge is 0.231 e. The second kappa shape index (κ2) is 7.81. The first-order valence-electron chi connectivity index (χ1n) is 10.9. The Bertz CT molecular complexity index is 950. The lowest BCUT2D eigenvalue weighted by Gasteiger charge is -2.28. The van der Waals surface area contributed by atoms with Crippen LogP contribution in [0.25, 0.3) is 0 Å². The van der Waals surface area contributed by atoms with Crippen molar-refractivity contribution in [1.29, 1.82) is 0 Å². The molecule has 2 unspecified atom stereocenters. The number of anilines is 2. The van der Waals surface area contributed by atoms with E-state index < -0.39 is 0 Å². The lowest BCUT2D eigenvalue weighted by Crippen LogP contribution is -2.37. The van der Waals surface area contributed by atoms with Crippen LogP contribution in [0.1, 0.15) is 42.7 Å². The normalized spacial score (nSPS) is 24.5. The maximum Gasteiger partial charge on any atom is 0.231 e. The van der Waals surface area contributed by atoms with Crippen LogP contribution in [0.2, 0.25) is 0 Å². The van der Waals surface area contributed by atoms with E-state index >= 15 is 0 Å². The molecule has 158 valence electrons. The quantitative estimate of drug-likeness (QED) is 0.741. The highest BCUT2D eigenvalue weighted by Gasteiger charge is 2.39. The predicted octanol–water partition coefficient (Wildman–Crippen LogP) is 3.79. The zero-order valence-corrected chi connectivity index (χ0v) is 17.7. The van der Waals surface area contributed by atoms with Crippen LogP contribution in [-0.2, 0) is 11.3 Å². The number of nitrogens with zero attached hydrogens (tertiary/aromatic N) is 3. The van der Waals surface area contributed by atoms with Crippen LogP contribution in [-0.4, -0.2) is 48.3 Å². The van der Waals surface area contributed by atoms with E-state index in [0.29, 0.717) is 24.5 Å². The van der Waals surface area contributed by atoms with Crippen LogP contribution in [0.4, 0.5) is 11.8 Å². The fourth-order valence-corrected chi connectivity index (χ4v) is 6.37. The fourth-order valence-electron chi connectivity index (χ4n) is 4.85. The first-order valence-corrected chi connectivity index (χ1v) is 11.8. The van der Waals surface area contributed by atoms with Crippen LogP contribution in [0.5, 0.6) is 11.5 Å². The first-order chi connectivity index (χ1) is 14.8. The second-order valence-corrected chi connectivity index (χ2v) is 9.51. The van der Waals surface area contributed by atoms with Crippen LogP contribution in [0.15, 0.2) is 23.2 Å². The van der Waals surface area contributed by atoms with Gasteiger partial charge >= 0.3 is 0 Å². The predicted molar refractivity (Wildman–Crippen MR) is 116 cm³/mol. The number of morpholine rings is 1. The lowest BCUT2D eigenvalue weighted by molar-refractivity contribution is 0.122. The molecule has 1 saturated heterocycles. The van der Waals surface area contributed by atoms with Crippen LogP contribution >= 0.6 is 11.8 Å². The topological polar surface area (TPSA) is 68.7 Å². The number of hydrogen-bond donors (Lipinski definition) is 1. The van der Waals surface area contributed by atoms with Gasteiger partial charge in [-0.25, -0.2) is 4.98 Å². The summed E-state index contributed by atoms with van der Waals surface area (Å²) in [7, 11) is 0. The third kappa shape index (κ3) is 3.36. The van der Waals surface area contributed by atoms with Gasteiger partial charge < -0.3 is 24.4 Å². The Kier molecular flexibility index (Phi) is 4.84. The zero-order valence-electron chi connectivity index (χ0n) is 16.9. The summed E-state index contributed by atoms with van der Waals surface area (Å²) in [5, 5.41) is 5.47. The summed E-state index contributed by atoms with van der Waals surface area (Å²) < 4.78 is 16.5. The second-order valence-electron chi connectivity index (χ2n) is 8.28. The van der Waals surface area contributed by atoms with Crippen LogP contribution in [0, 0.1) is 0 Å². The summed E-state index contributed by atoms with van der Waals surface area (Å²) in [6, 6.07) is 6.12. The van der Waals surface area contributed by atoms with Crippen molar-refractivity contribution < 1.29 is 14.2 Å². The van der Waals surface area contributed by atoms with Gasteiger partial charge in [-0.05, 0) is 30.5 Å². The highest BCUT2D eigenvalue weighted by Crippen LogP contribution is 2.53. The van der Waals surface area contributed by atoms with Crippen molar-refractivity contribution in [2.24, 2.45) is 0 Å². The average molecular weight is 427 g/mol. The molecular formula is C22H26N4O3S. The summed E-state index contributed by atoms with van der Waals surface area (Å²) in [6.07, 6.45) is 5.14. The Hall–Kier alpha value is -2.19. The summed E-state index contributed by atoms with van der Waals surface area (Å²) in [5.41, 5.74) is 2.49. The molecule has 6 rings (SSSR count). The van der Waals surface area contributed by atoms with Gasteiger partial charge in [-0.2, -0.15) is 4.98 Å². The van der Waals surface area contributed by atoms with Crippen molar-refractivity contribution in [3.63, 3.8) is 0 Å². The molecule has 4 aliphatic rings. The average Bonchev–Trinajstić information content (AvgIpc) is 3.41. The van der Waals surface area contributed by atoms with Gasteiger partial charge in [0.05, 0.1) is 13.2 Å². The van der Waals surface area contributed by atoms with E-state index in [9.17, 15) is 0 Å². The van der Waals surface area contributed by atoms with E-state index in [0.717, 1.165) is 55.1 Å². The van der Waals surface area contributed by atoms with Crippen LogP contribution in [0.3, 0.4) is 0 Å². The van der Waals surface area contributed by atoms with Gasteiger partial charge in [0.15, 0.2) is 11.5 Å². The van der Waals surface area contributed by atoms with Gasteiger partial charge in [0.25, 0.3) is 0 Å². The van der Waals surface area contributed by atoms with Gasteiger partial charge in [-0.1, -0.05) is 18.9 Å². The van der Waals surface area contributed by atoms with Crippen molar-refractivity contribution in [3.8, 4) is 11.5 Å². The number of rotatable bonds is 4. The Morgan fingerprint density at radius 3 is 2.87 bits per heavy atom. The molecular weight excluding hydrogens is 400 g/mol. The number of nitrogens with one attached hydrogen (secondary N) is 1. The number of thioether (sulfide) groups is 1.